The lowest BCUT2D eigenvalue weighted by Crippen LogP contribution is -2.57. The van der Waals surface area contributed by atoms with Crippen LogP contribution in [0.25, 0.3) is 0 Å². The smallest absolute Gasteiger partial charge is 0.325 e. The average molecular weight is 463 g/mol. The molecule has 0 rings (SSSR count). The van der Waals surface area contributed by atoms with Crippen LogP contribution < -0.4 is 21.7 Å². The summed E-state index contributed by atoms with van der Waals surface area (Å²) in [4.78, 5) is 59.5. The van der Waals surface area contributed by atoms with E-state index >= 15 is 0 Å². The fraction of sp³-hybridized carbons (Fsp3) is 0.737. The van der Waals surface area contributed by atoms with Crippen molar-refractivity contribution in [2.24, 2.45) is 11.7 Å². The molecule has 12 heteroatoms. The zero-order valence-electron chi connectivity index (χ0n) is 18.3. The topological polar surface area (TPSA) is 188 Å². The third kappa shape index (κ3) is 12.2. The van der Waals surface area contributed by atoms with Gasteiger partial charge in [-0.1, -0.05) is 13.8 Å². The van der Waals surface area contributed by atoms with Crippen molar-refractivity contribution in [3.8, 4) is 0 Å². The molecule has 0 saturated carbocycles. The van der Waals surface area contributed by atoms with Gasteiger partial charge >= 0.3 is 11.9 Å². The highest BCUT2D eigenvalue weighted by atomic mass is 32.2. The fourth-order valence-corrected chi connectivity index (χ4v) is 3.05. The summed E-state index contributed by atoms with van der Waals surface area (Å²) in [6.07, 6.45) is 1.84. The quantitative estimate of drug-likeness (QED) is 0.187. The van der Waals surface area contributed by atoms with Gasteiger partial charge in [-0.05, 0) is 44.1 Å². The molecule has 3 amide bonds. The summed E-state index contributed by atoms with van der Waals surface area (Å²) in [6.45, 7) is 5.06. The van der Waals surface area contributed by atoms with Crippen molar-refractivity contribution in [1.29, 1.82) is 0 Å². The first kappa shape index (κ1) is 28.7. The Hall–Kier alpha value is -2.34. The number of hydrogen-bond donors (Lipinski definition) is 6. The first-order chi connectivity index (χ1) is 14.4. The van der Waals surface area contributed by atoms with Crippen molar-refractivity contribution >= 4 is 41.4 Å². The van der Waals surface area contributed by atoms with Crippen molar-refractivity contribution in [2.75, 3.05) is 12.0 Å². The van der Waals surface area contributed by atoms with Gasteiger partial charge in [0, 0.05) is 6.42 Å². The third-order valence-electron chi connectivity index (χ3n) is 4.31. The third-order valence-corrected chi connectivity index (χ3v) is 4.96. The van der Waals surface area contributed by atoms with Crippen LogP contribution >= 0.6 is 11.8 Å². The molecule has 31 heavy (non-hydrogen) atoms. The minimum atomic E-state index is -1.23. The number of rotatable bonds is 15. The summed E-state index contributed by atoms with van der Waals surface area (Å²) in [5.41, 5.74) is 5.84. The summed E-state index contributed by atoms with van der Waals surface area (Å²) in [6, 6.07) is -4.27. The Kier molecular flexibility index (Phi) is 13.5. The largest absolute Gasteiger partial charge is 0.481 e. The number of hydrogen-bond acceptors (Lipinski definition) is 7. The standard InChI is InChI=1S/C19H34N4O7S/c1-10(2)9-12(20)16(26)22-13(5-6-15(24)25)18(28)23-14(7-8-31-4)17(27)21-11(3)19(29)30/h10-14H,5-9,20H2,1-4H3,(H,21,27)(H,22,26)(H,23,28)(H,24,25)(H,29,30). The molecule has 0 radical (unpaired) electrons. The van der Waals surface area contributed by atoms with Crippen LogP contribution in [0.1, 0.15) is 46.5 Å². The zero-order chi connectivity index (χ0) is 24.1. The van der Waals surface area contributed by atoms with Gasteiger partial charge < -0.3 is 31.9 Å². The number of carboxylic acids is 2. The predicted octanol–water partition coefficient (Wildman–Crippen LogP) is -0.463. The molecule has 0 heterocycles. The lowest BCUT2D eigenvalue weighted by molar-refractivity contribution is -0.141. The van der Waals surface area contributed by atoms with Gasteiger partial charge in [0.2, 0.25) is 17.7 Å². The number of carboxylic acid groups (broad SMARTS) is 2. The van der Waals surface area contributed by atoms with E-state index in [9.17, 15) is 24.0 Å². The molecule has 0 aliphatic carbocycles. The van der Waals surface area contributed by atoms with Crippen LogP contribution in [0.2, 0.25) is 0 Å². The second kappa shape index (κ2) is 14.6. The van der Waals surface area contributed by atoms with E-state index in [1.807, 2.05) is 20.1 Å². The Bertz CT molecular complexity index is 645. The zero-order valence-corrected chi connectivity index (χ0v) is 19.2. The molecule has 0 saturated heterocycles. The van der Waals surface area contributed by atoms with Gasteiger partial charge in [0.15, 0.2) is 0 Å². The summed E-state index contributed by atoms with van der Waals surface area (Å²) in [5.74, 6) is -3.75. The van der Waals surface area contributed by atoms with Crippen molar-refractivity contribution in [3.63, 3.8) is 0 Å². The molecule has 0 aromatic heterocycles. The second-order valence-corrected chi connectivity index (χ2v) is 8.63. The minimum Gasteiger partial charge on any atom is -0.481 e. The number of thioether (sulfide) groups is 1. The van der Waals surface area contributed by atoms with Gasteiger partial charge in [-0.25, -0.2) is 0 Å². The predicted molar refractivity (Wildman–Crippen MR) is 116 cm³/mol. The lowest BCUT2D eigenvalue weighted by Gasteiger charge is -2.24. The van der Waals surface area contributed by atoms with Gasteiger partial charge in [0.1, 0.15) is 18.1 Å². The molecule has 0 aliphatic rings. The Morgan fingerprint density at radius 1 is 0.871 bits per heavy atom. The van der Waals surface area contributed by atoms with Crippen molar-refractivity contribution < 1.29 is 34.2 Å². The van der Waals surface area contributed by atoms with Crippen molar-refractivity contribution in [1.82, 2.24) is 16.0 Å². The number of carbonyl (C=O) groups excluding carboxylic acids is 3. The molecule has 0 aliphatic heterocycles. The Morgan fingerprint density at radius 2 is 1.39 bits per heavy atom. The normalized spacial score (nSPS) is 14.8. The molecule has 0 aromatic rings. The summed E-state index contributed by atoms with van der Waals surface area (Å²) in [7, 11) is 0. The molecule has 11 nitrogen and oxygen atoms in total. The minimum absolute atomic E-state index is 0.142. The number of carbonyl (C=O) groups is 5. The van der Waals surface area contributed by atoms with Crippen LogP contribution in [0.5, 0.6) is 0 Å². The van der Waals surface area contributed by atoms with Crippen molar-refractivity contribution in [2.45, 2.75) is 70.6 Å². The van der Waals surface area contributed by atoms with Crippen molar-refractivity contribution in [3.05, 3.63) is 0 Å². The Labute approximate surface area is 186 Å². The highest BCUT2D eigenvalue weighted by Gasteiger charge is 2.29. The van der Waals surface area contributed by atoms with E-state index < -0.39 is 53.8 Å². The average Bonchev–Trinajstić information content (AvgIpc) is 2.66. The number of aliphatic carboxylic acids is 2. The maximum atomic E-state index is 12.8. The van der Waals surface area contributed by atoms with Gasteiger partial charge in [0.05, 0.1) is 6.04 Å². The summed E-state index contributed by atoms with van der Waals surface area (Å²) < 4.78 is 0. The number of nitrogens with one attached hydrogen (secondary N) is 3. The van der Waals surface area contributed by atoms with E-state index in [0.717, 1.165) is 0 Å². The van der Waals surface area contributed by atoms with E-state index in [2.05, 4.69) is 16.0 Å². The van der Waals surface area contributed by atoms with Gasteiger partial charge in [-0.3, -0.25) is 24.0 Å². The van der Waals surface area contributed by atoms with Crippen LogP contribution in [0.3, 0.4) is 0 Å². The molecule has 178 valence electrons. The summed E-state index contributed by atoms with van der Waals surface area (Å²) in [5, 5.41) is 25.2. The van der Waals surface area contributed by atoms with E-state index in [1.165, 1.54) is 18.7 Å². The molecule has 0 aromatic carbocycles. The highest BCUT2D eigenvalue weighted by Crippen LogP contribution is 2.07. The van der Waals surface area contributed by atoms with Crippen LogP contribution in [0.4, 0.5) is 0 Å². The monoisotopic (exact) mass is 462 g/mol. The van der Waals surface area contributed by atoms with E-state index in [0.29, 0.717) is 12.2 Å². The first-order valence-electron chi connectivity index (χ1n) is 9.99. The van der Waals surface area contributed by atoms with E-state index in [1.54, 1.807) is 0 Å². The molecule has 4 atom stereocenters. The van der Waals surface area contributed by atoms with E-state index in [-0.39, 0.29) is 25.2 Å². The van der Waals surface area contributed by atoms with Crippen LogP contribution in [0.15, 0.2) is 0 Å². The van der Waals surface area contributed by atoms with Crippen LogP contribution in [-0.4, -0.2) is 76.0 Å². The number of nitrogens with two attached hydrogens (primary N) is 1. The number of amides is 3. The lowest BCUT2D eigenvalue weighted by atomic mass is 10.0. The summed E-state index contributed by atoms with van der Waals surface area (Å²) >= 11 is 1.43. The van der Waals surface area contributed by atoms with Gasteiger partial charge in [-0.2, -0.15) is 11.8 Å². The molecular formula is C19H34N4O7S. The molecule has 0 bridgehead atoms. The maximum absolute atomic E-state index is 12.8. The molecular weight excluding hydrogens is 428 g/mol. The highest BCUT2D eigenvalue weighted by molar-refractivity contribution is 7.98. The second-order valence-electron chi connectivity index (χ2n) is 7.64. The molecule has 4 unspecified atom stereocenters. The van der Waals surface area contributed by atoms with Crippen LogP contribution in [0, 0.1) is 5.92 Å². The van der Waals surface area contributed by atoms with E-state index in [4.69, 9.17) is 15.9 Å². The SMILES string of the molecule is CSCCC(NC(=O)C(CCC(=O)O)NC(=O)C(N)CC(C)C)C(=O)NC(C)C(=O)O. The molecule has 0 fully saturated rings. The van der Waals surface area contributed by atoms with Crippen LogP contribution in [-0.2, 0) is 24.0 Å². The van der Waals surface area contributed by atoms with Gasteiger partial charge in [0.25, 0.3) is 0 Å². The maximum Gasteiger partial charge on any atom is 0.325 e. The Balaban J connectivity index is 5.35. The molecule has 7 N–H and O–H groups in total. The fourth-order valence-electron chi connectivity index (χ4n) is 2.58. The Morgan fingerprint density at radius 3 is 1.87 bits per heavy atom. The first-order valence-corrected chi connectivity index (χ1v) is 11.4. The molecule has 0 spiro atoms. The van der Waals surface area contributed by atoms with Gasteiger partial charge in [-0.15, -0.1) is 0 Å².